The largest absolute Gasteiger partial charge is 0.399 e. The Morgan fingerprint density at radius 3 is 2.82 bits per heavy atom. The highest BCUT2D eigenvalue weighted by atomic mass is 16.6. The van der Waals surface area contributed by atoms with Crippen LogP contribution in [0.5, 0.6) is 0 Å². The summed E-state index contributed by atoms with van der Waals surface area (Å²) in [4.78, 5) is 15.3. The Morgan fingerprint density at radius 2 is 2.36 bits per heavy atom. The monoisotopic (exact) mass is 156 g/mol. The fourth-order valence-corrected chi connectivity index (χ4v) is 0.743. The van der Waals surface area contributed by atoms with Gasteiger partial charge in [-0.15, -0.1) is 0 Å². The zero-order valence-corrected chi connectivity index (χ0v) is 6.76. The first kappa shape index (κ1) is 8.04. The first-order chi connectivity index (χ1) is 5.16. The van der Waals surface area contributed by atoms with Crippen LogP contribution >= 0.6 is 0 Å². The maximum Gasteiger partial charge on any atom is 0.266 e. The SMILES string of the molecule is CO/N=C/C(=O)NC1(C)CC1. The van der Waals surface area contributed by atoms with Crippen molar-refractivity contribution in [1.82, 2.24) is 5.32 Å². The summed E-state index contributed by atoms with van der Waals surface area (Å²) in [5.41, 5.74) is 0.0246. The molecule has 1 rings (SSSR count). The Morgan fingerprint density at radius 1 is 1.73 bits per heavy atom. The maximum absolute atomic E-state index is 10.9. The highest BCUT2D eigenvalue weighted by Gasteiger charge is 2.38. The van der Waals surface area contributed by atoms with Gasteiger partial charge in [-0.25, -0.2) is 0 Å². The third-order valence-corrected chi connectivity index (χ3v) is 1.70. The van der Waals surface area contributed by atoms with Crippen molar-refractivity contribution in [2.75, 3.05) is 7.11 Å². The van der Waals surface area contributed by atoms with Crippen molar-refractivity contribution in [3.05, 3.63) is 0 Å². The summed E-state index contributed by atoms with van der Waals surface area (Å²) >= 11 is 0. The van der Waals surface area contributed by atoms with E-state index >= 15 is 0 Å². The fourth-order valence-electron chi connectivity index (χ4n) is 0.743. The summed E-state index contributed by atoms with van der Waals surface area (Å²) in [7, 11) is 1.41. The molecule has 1 aliphatic carbocycles. The molecule has 0 aromatic carbocycles. The topological polar surface area (TPSA) is 50.7 Å². The van der Waals surface area contributed by atoms with E-state index in [-0.39, 0.29) is 11.4 Å². The van der Waals surface area contributed by atoms with E-state index in [1.54, 1.807) is 0 Å². The van der Waals surface area contributed by atoms with Crippen LogP contribution in [0.15, 0.2) is 5.16 Å². The number of carbonyl (C=O) groups is 1. The molecule has 0 spiro atoms. The summed E-state index contributed by atoms with van der Waals surface area (Å²) in [6.45, 7) is 2.01. The fraction of sp³-hybridized carbons (Fsp3) is 0.714. The Kier molecular flexibility index (Phi) is 2.12. The number of rotatable bonds is 3. The molecule has 1 amide bonds. The van der Waals surface area contributed by atoms with Gasteiger partial charge in [-0.05, 0) is 19.8 Å². The van der Waals surface area contributed by atoms with Crippen LogP contribution in [0.25, 0.3) is 0 Å². The maximum atomic E-state index is 10.9. The summed E-state index contributed by atoms with van der Waals surface area (Å²) in [5.74, 6) is -0.188. The third kappa shape index (κ3) is 2.57. The van der Waals surface area contributed by atoms with E-state index in [0.29, 0.717) is 0 Å². The molecule has 0 aromatic heterocycles. The van der Waals surface area contributed by atoms with E-state index in [1.165, 1.54) is 7.11 Å². The smallest absolute Gasteiger partial charge is 0.266 e. The van der Waals surface area contributed by atoms with E-state index in [4.69, 9.17) is 0 Å². The molecule has 0 heterocycles. The molecule has 4 nitrogen and oxygen atoms in total. The first-order valence-corrected chi connectivity index (χ1v) is 3.55. The molecular weight excluding hydrogens is 144 g/mol. The molecule has 4 heteroatoms. The van der Waals surface area contributed by atoms with Crippen LogP contribution in [-0.2, 0) is 9.63 Å². The van der Waals surface area contributed by atoms with Gasteiger partial charge < -0.3 is 10.2 Å². The predicted octanol–water partition coefficient (Wildman–Crippen LogP) is 0.287. The zero-order valence-electron chi connectivity index (χ0n) is 6.76. The standard InChI is InChI=1S/C7H12N2O2/c1-7(3-4-7)9-6(10)5-8-11-2/h5H,3-4H2,1-2H3,(H,9,10)/b8-5+. The molecule has 0 bridgehead atoms. The minimum atomic E-state index is -0.188. The number of amides is 1. The molecule has 1 fully saturated rings. The average molecular weight is 156 g/mol. The molecule has 0 saturated heterocycles. The lowest BCUT2D eigenvalue weighted by Gasteiger charge is -2.07. The van der Waals surface area contributed by atoms with Crippen molar-refractivity contribution in [2.24, 2.45) is 5.16 Å². The summed E-state index contributed by atoms with van der Waals surface area (Å²) in [6.07, 6.45) is 3.25. The highest BCUT2D eigenvalue weighted by molar-refractivity contribution is 6.26. The first-order valence-electron chi connectivity index (χ1n) is 3.55. The molecule has 11 heavy (non-hydrogen) atoms. The molecule has 1 N–H and O–H groups in total. The predicted molar refractivity (Wildman–Crippen MR) is 41.3 cm³/mol. The minimum Gasteiger partial charge on any atom is -0.399 e. The van der Waals surface area contributed by atoms with Gasteiger partial charge in [0.05, 0.1) is 0 Å². The summed E-state index contributed by atoms with van der Waals surface area (Å²) in [5, 5.41) is 6.14. The molecule has 62 valence electrons. The molecule has 0 unspecified atom stereocenters. The Hall–Kier alpha value is -1.06. The van der Waals surface area contributed by atoms with Gasteiger partial charge in [0.25, 0.3) is 5.91 Å². The summed E-state index contributed by atoms with van der Waals surface area (Å²) < 4.78 is 0. The van der Waals surface area contributed by atoms with Gasteiger partial charge >= 0.3 is 0 Å². The number of hydrogen-bond donors (Lipinski definition) is 1. The second-order valence-corrected chi connectivity index (χ2v) is 2.97. The molecule has 1 aliphatic rings. The van der Waals surface area contributed by atoms with Gasteiger partial charge in [0.15, 0.2) is 0 Å². The van der Waals surface area contributed by atoms with Crippen LogP contribution < -0.4 is 5.32 Å². The molecule has 0 aromatic rings. The Labute approximate surface area is 65.6 Å². The van der Waals surface area contributed by atoms with E-state index in [0.717, 1.165) is 19.1 Å². The average Bonchev–Trinajstić information content (AvgIpc) is 2.63. The molecular formula is C7H12N2O2. The van der Waals surface area contributed by atoms with E-state index < -0.39 is 0 Å². The van der Waals surface area contributed by atoms with Crippen LogP contribution in [0.3, 0.4) is 0 Å². The van der Waals surface area contributed by atoms with Gasteiger partial charge in [-0.1, -0.05) is 5.16 Å². The van der Waals surface area contributed by atoms with Crippen LogP contribution in [0.2, 0.25) is 0 Å². The van der Waals surface area contributed by atoms with Crippen LogP contribution in [-0.4, -0.2) is 24.8 Å². The van der Waals surface area contributed by atoms with E-state index in [1.807, 2.05) is 6.92 Å². The normalized spacial score (nSPS) is 19.8. The number of nitrogens with zero attached hydrogens (tertiary/aromatic N) is 1. The number of oxime groups is 1. The quantitative estimate of drug-likeness (QED) is 0.471. The lowest BCUT2D eigenvalue weighted by atomic mass is 10.3. The zero-order chi connectivity index (χ0) is 8.32. The molecule has 0 radical (unpaired) electrons. The van der Waals surface area contributed by atoms with Crippen LogP contribution in [0.4, 0.5) is 0 Å². The summed E-state index contributed by atoms with van der Waals surface area (Å²) in [6, 6.07) is 0. The molecule has 1 saturated carbocycles. The van der Waals surface area contributed by atoms with Crippen LogP contribution in [0.1, 0.15) is 19.8 Å². The van der Waals surface area contributed by atoms with Gasteiger partial charge in [0.2, 0.25) is 0 Å². The van der Waals surface area contributed by atoms with Crippen molar-refractivity contribution >= 4 is 12.1 Å². The number of nitrogens with one attached hydrogen (secondary N) is 1. The van der Waals surface area contributed by atoms with Crippen LogP contribution in [0, 0.1) is 0 Å². The van der Waals surface area contributed by atoms with E-state index in [2.05, 4.69) is 15.3 Å². The van der Waals surface area contributed by atoms with Crippen molar-refractivity contribution in [2.45, 2.75) is 25.3 Å². The van der Waals surface area contributed by atoms with Crippen molar-refractivity contribution in [3.8, 4) is 0 Å². The molecule has 0 atom stereocenters. The Balaban J connectivity index is 2.26. The second kappa shape index (κ2) is 2.90. The van der Waals surface area contributed by atoms with Gasteiger partial charge in [0.1, 0.15) is 13.3 Å². The van der Waals surface area contributed by atoms with E-state index in [9.17, 15) is 4.79 Å². The third-order valence-electron chi connectivity index (χ3n) is 1.70. The van der Waals surface area contributed by atoms with Gasteiger partial charge in [0, 0.05) is 5.54 Å². The number of carbonyl (C=O) groups excluding carboxylic acids is 1. The lowest BCUT2D eigenvalue weighted by Crippen LogP contribution is -2.34. The molecule has 0 aliphatic heterocycles. The Bertz CT molecular complexity index is 185. The van der Waals surface area contributed by atoms with Crippen molar-refractivity contribution in [3.63, 3.8) is 0 Å². The lowest BCUT2D eigenvalue weighted by molar-refractivity contribution is -0.115. The van der Waals surface area contributed by atoms with Crippen molar-refractivity contribution in [1.29, 1.82) is 0 Å². The second-order valence-electron chi connectivity index (χ2n) is 2.97. The van der Waals surface area contributed by atoms with Gasteiger partial charge in [-0.3, -0.25) is 4.79 Å². The number of hydrogen-bond acceptors (Lipinski definition) is 3. The van der Waals surface area contributed by atoms with Crippen molar-refractivity contribution < 1.29 is 9.63 Å². The highest BCUT2D eigenvalue weighted by Crippen LogP contribution is 2.33. The van der Waals surface area contributed by atoms with Gasteiger partial charge in [-0.2, -0.15) is 0 Å². The minimum absolute atomic E-state index is 0.0246.